The van der Waals surface area contributed by atoms with Crippen LogP contribution >= 0.6 is 0 Å². The van der Waals surface area contributed by atoms with Crippen molar-refractivity contribution in [1.29, 1.82) is 0 Å². The number of carbonyl (C=O) groups excluding carboxylic acids is 1. The van der Waals surface area contributed by atoms with Gasteiger partial charge in [-0.1, -0.05) is 0 Å². The van der Waals surface area contributed by atoms with Crippen molar-refractivity contribution in [2.45, 2.75) is 68.8 Å². The first-order valence-corrected chi connectivity index (χ1v) is 13.4. The number of alkyl carbamates (subject to hydrolysis) is 1. The van der Waals surface area contributed by atoms with Gasteiger partial charge in [0.2, 0.25) is 0 Å². The molecule has 11 nitrogen and oxygen atoms in total. The molecule has 2 aliphatic carbocycles. The predicted molar refractivity (Wildman–Crippen MR) is 126 cm³/mol. The standard InChI is InChI=1S/C22H29N7O4S/c1-13(34(3,31)32)16-11-18-20(23-8-9-29(18)28-16)24-19-12-17(26-27-19)14-4-5-15(10-14)33-21(30)25-22(2)6-7-22/h8-9,11-15H,4-7,10H2,1-3H3,(H,25,30)(H2,23,24,26,27). The highest BCUT2D eigenvalue weighted by atomic mass is 32.2. The second kappa shape index (κ2) is 8.26. The number of sulfone groups is 1. The molecule has 3 N–H and O–H groups in total. The average Bonchev–Trinajstić information content (AvgIpc) is 3.19. The lowest BCUT2D eigenvalue weighted by Gasteiger charge is -2.16. The molecule has 3 heterocycles. The first-order chi connectivity index (χ1) is 16.1. The normalized spacial score (nSPS) is 22.4. The number of H-pyrrole nitrogens is 1. The molecule has 3 aromatic heterocycles. The summed E-state index contributed by atoms with van der Waals surface area (Å²) in [6, 6.07) is 3.65. The maximum atomic E-state index is 12.1. The van der Waals surface area contributed by atoms with Crippen LogP contribution in [0.25, 0.3) is 5.52 Å². The number of anilines is 2. The molecule has 3 unspecified atom stereocenters. The number of nitrogens with one attached hydrogen (secondary N) is 3. The molecule has 1 amide bonds. The summed E-state index contributed by atoms with van der Waals surface area (Å²) in [5.41, 5.74) is 1.99. The van der Waals surface area contributed by atoms with Crippen LogP contribution in [0.1, 0.15) is 68.5 Å². The summed E-state index contributed by atoms with van der Waals surface area (Å²) in [6.07, 6.45) is 8.49. The number of hydrogen-bond donors (Lipinski definition) is 3. The molecule has 3 aromatic rings. The van der Waals surface area contributed by atoms with Crippen LogP contribution in [0.2, 0.25) is 0 Å². The SMILES string of the molecule is CC(c1cc2c(Nc3cc(C4CCC(OC(=O)NC5(C)CC5)C4)[nH]n3)nccn2n1)S(C)(=O)=O. The highest BCUT2D eigenvalue weighted by Gasteiger charge is 2.40. The van der Waals surface area contributed by atoms with E-state index in [2.05, 4.69) is 30.9 Å². The summed E-state index contributed by atoms with van der Waals surface area (Å²) in [5, 5.41) is 17.3. The Labute approximate surface area is 197 Å². The molecule has 0 aromatic carbocycles. The zero-order chi connectivity index (χ0) is 24.1. The number of aromatic amines is 1. The summed E-state index contributed by atoms with van der Waals surface area (Å²) in [6.45, 7) is 3.64. The van der Waals surface area contributed by atoms with Gasteiger partial charge in [-0.25, -0.2) is 22.7 Å². The van der Waals surface area contributed by atoms with Crippen LogP contribution in [-0.2, 0) is 14.6 Å². The third-order valence-corrected chi connectivity index (χ3v) is 8.34. The molecule has 182 valence electrons. The second-order valence-corrected chi connectivity index (χ2v) is 12.1. The minimum Gasteiger partial charge on any atom is -0.446 e. The molecule has 0 saturated heterocycles. The molecule has 0 bridgehead atoms. The van der Waals surface area contributed by atoms with Gasteiger partial charge in [-0.2, -0.15) is 10.2 Å². The van der Waals surface area contributed by atoms with Gasteiger partial charge < -0.3 is 15.4 Å². The Morgan fingerprint density at radius 2 is 2.12 bits per heavy atom. The van der Waals surface area contributed by atoms with Gasteiger partial charge in [0.05, 0.1) is 5.69 Å². The van der Waals surface area contributed by atoms with E-state index in [4.69, 9.17) is 4.74 Å². The monoisotopic (exact) mass is 487 g/mol. The minimum absolute atomic E-state index is 0.0883. The van der Waals surface area contributed by atoms with Crippen LogP contribution in [0.3, 0.4) is 0 Å². The molecule has 3 atom stereocenters. The van der Waals surface area contributed by atoms with Crippen LogP contribution in [0.5, 0.6) is 0 Å². The van der Waals surface area contributed by atoms with Gasteiger partial charge in [0.15, 0.2) is 21.5 Å². The summed E-state index contributed by atoms with van der Waals surface area (Å²) in [4.78, 5) is 16.5. The molecule has 2 saturated carbocycles. The van der Waals surface area contributed by atoms with Crippen molar-refractivity contribution in [3.8, 4) is 0 Å². The highest BCUT2D eigenvalue weighted by Crippen LogP contribution is 2.37. The molecule has 2 aliphatic rings. The molecule has 12 heteroatoms. The van der Waals surface area contributed by atoms with E-state index in [0.717, 1.165) is 37.8 Å². The Hall–Kier alpha value is -3.15. The fraction of sp³-hybridized carbons (Fsp3) is 0.545. The Morgan fingerprint density at radius 3 is 2.85 bits per heavy atom. The van der Waals surface area contributed by atoms with Crippen molar-refractivity contribution in [3.05, 3.63) is 35.9 Å². The van der Waals surface area contributed by atoms with E-state index in [1.165, 1.54) is 6.26 Å². The molecule has 5 rings (SSSR count). The first kappa shape index (κ1) is 22.6. The number of aromatic nitrogens is 5. The van der Waals surface area contributed by atoms with E-state index in [1.54, 1.807) is 29.9 Å². The average molecular weight is 488 g/mol. The minimum atomic E-state index is -3.27. The largest absolute Gasteiger partial charge is 0.446 e. The van der Waals surface area contributed by atoms with Crippen molar-refractivity contribution in [2.75, 3.05) is 11.6 Å². The zero-order valence-electron chi connectivity index (χ0n) is 19.4. The van der Waals surface area contributed by atoms with E-state index in [0.29, 0.717) is 22.8 Å². The van der Waals surface area contributed by atoms with Crippen LogP contribution in [0.4, 0.5) is 16.4 Å². The molecular formula is C22H29N7O4S. The molecule has 2 fully saturated rings. The van der Waals surface area contributed by atoms with E-state index >= 15 is 0 Å². The lowest BCUT2D eigenvalue weighted by molar-refractivity contribution is 0.0967. The van der Waals surface area contributed by atoms with Crippen LogP contribution < -0.4 is 10.6 Å². The molecule has 0 spiro atoms. The van der Waals surface area contributed by atoms with Gasteiger partial charge in [0.1, 0.15) is 16.9 Å². The van der Waals surface area contributed by atoms with Crippen molar-refractivity contribution in [1.82, 2.24) is 30.1 Å². The number of ether oxygens (including phenoxy) is 1. The van der Waals surface area contributed by atoms with Crippen molar-refractivity contribution in [3.63, 3.8) is 0 Å². The highest BCUT2D eigenvalue weighted by molar-refractivity contribution is 7.90. The smallest absolute Gasteiger partial charge is 0.407 e. The summed E-state index contributed by atoms with van der Waals surface area (Å²) in [5.74, 6) is 1.34. The number of fused-ring (bicyclic) bond motifs is 1. The van der Waals surface area contributed by atoms with Crippen molar-refractivity contribution in [2.24, 2.45) is 0 Å². The molecule has 0 radical (unpaired) electrons. The fourth-order valence-corrected chi connectivity index (χ4v) is 4.81. The summed E-state index contributed by atoms with van der Waals surface area (Å²) >= 11 is 0. The number of hydrogen-bond acceptors (Lipinski definition) is 8. The van der Waals surface area contributed by atoms with Gasteiger partial charge in [-0.3, -0.25) is 5.10 Å². The number of amides is 1. The van der Waals surface area contributed by atoms with E-state index in [9.17, 15) is 13.2 Å². The Bertz CT molecular complexity index is 1330. The second-order valence-electron chi connectivity index (χ2n) is 9.70. The lowest BCUT2D eigenvalue weighted by atomic mass is 10.0. The van der Waals surface area contributed by atoms with Gasteiger partial charge in [0.25, 0.3) is 0 Å². The van der Waals surface area contributed by atoms with Crippen molar-refractivity contribution < 1.29 is 17.9 Å². The van der Waals surface area contributed by atoms with Gasteiger partial charge >= 0.3 is 6.09 Å². The quantitative estimate of drug-likeness (QED) is 0.461. The number of nitrogens with zero attached hydrogens (tertiary/aromatic N) is 4. The Kier molecular flexibility index (Phi) is 5.50. The predicted octanol–water partition coefficient (Wildman–Crippen LogP) is 3.22. The topological polar surface area (TPSA) is 143 Å². The third-order valence-electron chi connectivity index (χ3n) is 6.81. The number of rotatable bonds is 7. The number of carbonyl (C=O) groups is 1. The van der Waals surface area contributed by atoms with Crippen LogP contribution in [-0.4, -0.2) is 57.2 Å². The Balaban J connectivity index is 1.25. The molecule has 34 heavy (non-hydrogen) atoms. The third kappa shape index (κ3) is 4.72. The maximum Gasteiger partial charge on any atom is 0.407 e. The first-order valence-electron chi connectivity index (χ1n) is 11.4. The van der Waals surface area contributed by atoms with Crippen LogP contribution in [0, 0.1) is 0 Å². The molecular weight excluding hydrogens is 458 g/mol. The zero-order valence-corrected chi connectivity index (χ0v) is 20.2. The summed E-state index contributed by atoms with van der Waals surface area (Å²) in [7, 11) is -3.27. The van der Waals surface area contributed by atoms with E-state index in [1.807, 2.05) is 13.0 Å². The van der Waals surface area contributed by atoms with Crippen LogP contribution in [0.15, 0.2) is 24.5 Å². The maximum absolute atomic E-state index is 12.1. The fourth-order valence-electron chi connectivity index (χ4n) is 4.26. The summed E-state index contributed by atoms with van der Waals surface area (Å²) < 4.78 is 31.1. The Morgan fingerprint density at radius 1 is 1.32 bits per heavy atom. The van der Waals surface area contributed by atoms with E-state index in [-0.39, 0.29) is 23.7 Å². The van der Waals surface area contributed by atoms with Gasteiger partial charge in [-0.15, -0.1) is 0 Å². The molecule has 0 aliphatic heterocycles. The van der Waals surface area contributed by atoms with Crippen molar-refractivity contribution >= 4 is 33.1 Å². The van der Waals surface area contributed by atoms with Gasteiger partial charge in [-0.05, 0) is 52.0 Å². The lowest BCUT2D eigenvalue weighted by Crippen LogP contribution is -2.36. The van der Waals surface area contributed by atoms with Gasteiger partial charge in [0, 0.05) is 41.9 Å². The van der Waals surface area contributed by atoms with E-state index < -0.39 is 15.1 Å².